The molecule has 1 atom stereocenters. The minimum Gasteiger partial charge on any atom is -0.449 e. The first-order valence-electron chi connectivity index (χ1n) is 8.06. The quantitative estimate of drug-likeness (QED) is 0.467. The second kappa shape index (κ2) is 7.97. The molecule has 0 aliphatic carbocycles. The summed E-state index contributed by atoms with van der Waals surface area (Å²) in [5.41, 5.74) is 2.76. The summed E-state index contributed by atoms with van der Waals surface area (Å²) in [7, 11) is 0. The van der Waals surface area contributed by atoms with Crippen molar-refractivity contribution >= 4 is 23.6 Å². The van der Waals surface area contributed by atoms with Gasteiger partial charge in [-0.25, -0.2) is 4.79 Å². The van der Waals surface area contributed by atoms with Crippen LogP contribution in [0.2, 0.25) is 5.02 Å². The van der Waals surface area contributed by atoms with Gasteiger partial charge in [0.1, 0.15) is 0 Å². The van der Waals surface area contributed by atoms with E-state index in [1.54, 1.807) is 31.2 Å². The number of aryl methyl sites for hydroxylation is 1. The minimum atomic E-state index is -0.654. The summed E-state index contributed by atoms with van der Waals surface area (Å²) in [6.45, 7) is 3.68. The van der Waals surface area contributed by atoms with E-state index < -0.39 is 12.1 Å². The van der Waals surface area contributed by atoms with E-state index in [4.69, 9.17) is 20.8 Å². The number of hydrogen-bond donors (Lipinski definition) is 0. The fraction of sp³-hybridized carbons (Fsp3) is 0.150. The normalized spacial score (nSPS) is 12.3. The van der Waals surface area contributed by atoms with Crippen molar-refractivity contribution in [3.05, 3.63) is 76.6 Å². The molecular weight excluding hydrogens is 352 g/mol. The SMILES string of the molecule is Cc1ccc(-c2nnc([C@H](C)OC(=O)/C=C/c3cccc(Cl)c3)o2)cc1. The van der Waals surface area contributed by atoms with E-state index in [-0.39, 0.29) is 5.89 Å². The van der Waals surface area contributed by atoms with Gasteiger partial charge in [0.15, 0.2) is 6.10 Å². The van der Waals surface area contributed by atoms with Crippen molar-refractivity contribution in [3.63, 3.8) is 0 Å². The zero-order valence-electron chi connectivity index (χ0n) is 14.3. The number of hydrogen-bond acceptors (Lipinski definition) is 5. The zero-order valence-corrected chi connectivity index (χ0v) is 15.1. The van der Waals surface area contributed by atoms with Gasteiger partial charge in [-0.1, -0.05) is 41.4 Å². The molecule has 26 heavy (non-hydrogen) atoms. The maximum atomic E-state index is 12.0. The van der Waals surface area contributed by atoms with Gasteiger partial charge in [0.25, 0.3) is 5.89 Å². The topological polar surface area (TPSA) is 65.2 Å². The first-order valence-corrected chi connectivity index (χ1v) is 8.44. The van der Waals surface area contributed by atoms with Gasteiger partial charge >= 0.3 is 5.97 Å². The van der Waals surface area contributed by atoms with Crippen LogP contribution >= 0.6 is 11.6 Å². The number of carbonyl (C=O) groups is 1. The summed E-state index contributed by atoms with van der Waals surface area (Å²) in [6.07, 6.45) is 2.31. The predicted molar refractivity (Wildman–Crippen MR) is 99.5 cm³/mol. The lowest BCUT2D eigenvalue weighted by molar-refractivity contribution is -0.143. The van der Waals surface area contributed by atoms with E-state index in [0.717, 1.165) is 16.7 Å². The molecule has 132 valence electrons. The third kappa shape index (κ3) is 4.58. The Morgan fingerprint density at radius 3 is 2.69 bits per heavy atom. The third-order valence-electron chi connectivity index (χ3n) is 3.64. The Kier molecular flexibility index (Phi) is 5.49. The summed E-state index contributed by atoms with van der Waals surface area (Å²) in [6, 6.07) is 14.9. The molecular formula is C20H17ClN2O3. The molecule has 0 unspecified atom stereocenters. The van der Waals surface area contributed by atoms with Crippen LogP contribution in [-0.2, 0) is 9.53 Å². The molecule has 0 saturated heterocycles. The van der Waals surface area contributed by atoms with Gasteiger partial charge in [-0.2, -0.15) is 0 Å². The van der Waals surface area contributed by atoms with Crippen LogP contribution in [0.15, 0.2) is 59.0 Å². The number of halogens is 1. The van der Waals surface area contributed by atoms with Crippen LogP contribution < -0.4 is 0 Å². The Morgan fingerprint density at radius 2 is 1.96 bits per heavy atom. The summed E-state index contributed by atoms with van der Waals surface area (Å²) in [4.78, 5) is 12.0. The summed E-state index contributed by atoms with van der Waals surface area (Å²) < 4.78 is 10.9. The molecule has 0 N–H and O–H groups in total. The number of nitrogens with zero attached hydrogens (tertiary/aromatic N) is 2. The second-order valence-electron chi connectivity index (χ2n) is 5.78. The highest BCUT2D eigenvalue weighted by Crippen LogP contribution is 2.23. The van der Waals surface area contributed by atoms with Gasteiger partial charge in [-0.15, -0.1) is 10.2 Å². The van der Waals surface area contributed by atoms with Crippen molar-refractivity contribution < 1.29 is 13.9 Å². The predicted octanol–water partition coefficient (Wildman–Crippen LogP) is 5.02. The molecule has 0 fully saturated rings. The van der Waals surface area contributed by atoms with Gasteiger partial charge in [0.05, 0.1) is 0 Å². The molecule has 2 aromatic carbocycles. The Bertz CT molecular complexity index is 932. The Morgan fingerprint density at radius 1 is 1.19 bits per heavy atom. The second-order valence-corrected chi connectivity index (χ2v) is 6.22. The van der Waals surface area contributed by atoms with Crippen molar-refractivity contribution in [1.82, 2.24) is 10.2 Å². The number of esters is 1. The number of rotatable bonds is 5. The molecule has 0 spiro atoms. The maximum Gasteiger partial charge on any atom is 0.331 e. The Hall–Kier alpha value is -2.92. The van der Waals surface area contributed by atoms with Crippen LogP contribution in [0.4, 0.5) is 0 Å². The lowest BCUT2D eigenvalue weighted by Crippen LogP contribution is -2.06. The summed E-state index contributed by atoms with van der Waals surface area (Å²) >= 11 is 5.91. The van der Waals surface area contributed by atoms with Crippen LogP contribution in [0.1, 0.15) is 30.0 Å². The molecule has 0 radical (unpaired) electrons. The van der Waals surface area contributed by atoms with Crippen LogP contribution in [0.3, 0.4) is 0 Å². The van der Waals surface area contributed by atoms with Crippen molar-refractivity contribution in [2.45, 2.75) is 20.0 Å². The molecule has 6 heteroatoms. The summed E-state index contributed by atoms with van der Waals surface area (Å²) in [5, 5.41) is 8.57. The first kappa shape index (κ1) is 17.9. The molecule has 5 nitrogen and oxygen atoms in total. The molecule has 3 aromatic rings. The highest BCUT2D eigenvalue weighted by Gasteiger charge is 2.18. The molecule has 3 rings (SSSR count). The lowest BCUT2D eigenvalue weighted by Gasteiger charge is -2.06. The van der Waals surface area contributed by atoms with E-state index in [2.05, 4.69) is 10.2 Å². The molecule has 0 bridgehead atoms. The fourth-order valence-electron chi connectivity index (χ4n) is 2.25. The van der Waals surface area contributed by atoms with Gasteiger partial charge in [0, 0.05) is 16.7 Å². The van der Waals surface area contributed by atoms with Crippen LogP contribution in [0, 0.1) is 6.92 Å². The van der Waals surface area contributed by atoms with E-state index in [0.29, 0.717) is 10.9 Å². The van der Waals surface area contributed by atoms with Crippen molar-refractivity contribution in [3.8, 4) is 11.5 Å². The Labute approximate surface area is 156 Å². The molecule has 0 aliphatic heterocycles. The zero-order chi connectivity index (χ0) is 18.5. The highest BCUT2D eigenvalue weighted by atomic mass is 35.5. The average Bonchev–Trinajstić information content (AvgIpc) is 3.11. The maximum absolute atomic E-state index is 12.0. The van der Waals surface area contributed by atoms with E-state index in [1.807, 2.05) is 37.3 Å². The highest BCUT2D eigenvalue weighted by molar-refractivity contribution is 6.30. The summed E-state index contributed by atoms with van der Waals surface area (Å²) in [5.74, 6) is 0.120. The van der Waals surface area contributed by atoms with Gasteiger partial charge < -0.3 is 9.15 Å². The van der Waals surface area contributed by atoms with E-state index >= 15 is 0 Å². The van der Waals surface area contributed by atoms with Crippen molar-refractivity contribution in [2.24, 2.45) is 0 Å². The van der Waals surface area contributed by atoms with Crippen LogP contribution in [0.5, 0.6) is 0 Å². The van der Waals surface area contributed by atoms with Gasteiger partial charge in [0.2, 0.25) is 5.89 Å². The monoisotopic (exact) mass is 368 g/mol. The molecule has 1 heterocycles. The van der Waals surface area contributed by atoms with Crippen LogP contribution in [0.25, 0.3) is 17.5 Å². The molecule has 0 saturated carbocycles. The standard InChI is InChI=1S/C20H17ClN2O3/c1-13-6-9-16(10-7-13)20-23-22-19(26-20)14(2)25-18(24)11-8-15-4-3-5-17(21)12-15/h3-12,14H,1-2H3/b11-8+/t14-/m0/s1. The van der Waals surface area contributed by atoms with Gasteiger partial charge in [-0.05, 0) is 49.8 Å². The van der Waals surface area contributed by atoms with Crippen molar-refractivity contribution in [2.75, 3.05) is 0 Å². The van der Waals surface area contributed by atoms with Gasteiger partial charge in [-0.3, -0.25) is 0 Å². The fourth-order valence-corrected chi connectivity index (χ4v) is 2.45. The largest absolute Gasteiger partial charge is 0.449 e. The van der Waals surface area contributed by atoms with Crippen molar-refractivity contribution in [1.29, 1.82) is 0 Å². The molecule has 0 amide bonds. The van der Waals surface area contributed by atoms with Crippen LogP contribution in [-0.4, -0.2) is 16.2 Å². The molecule has 1 aromatic heterocycles. The number of benzene rings is 2. The molecule has 0 aliphatic rings. The Balaban J connectivity index is 1.63. The average molecular weight is 369 g/mol. The number of ether oxygens (including phenoxy) is 1. The minimum absolute atomic E-state index is 0.241. The van der Waals surface area contributed by atoms with E-state index in [1.165, 1.54) is 6.08 Å². The number of aromatic nitrogens is 2. The number of carbonyl (C=O) groups excluding carboxylic acids is 1. The first-order chi connectivity index (χ1) is 12.5. The lowest BCUT2D eigenvalue weighted by atomic mass is 10.1. The van der Waals surface area contributed by atoms with E-state index in [9.17, 15) is 4.79 Å². The smallest absolute Gasteiger partial charge is 0.331 e. The third-order valence-corrected chi connectivity index (χ3v) is 3.88.